The van der Waals surface area contributed by atoms with Gasteiger partial charge in [-0.25, -0.2) is 13.4 Å². The molecule has 0 spiro atoms. The predicted molar refractivity (Wildman–Crippen MR) is 153 cm³/mol. The van der Waals surface area contributed by atoms with Gasteiger partial charge in [-0.2, -0.15) is 13.2 Å². The fraction of sp³-hybridized carbons (Fsp3) is 0.167. The van der Waals surface area contributed by atoms with E-state index in [9.17, 15) is 8.42 Å². The standard InChI is InChI=1S/C30H27F3N4O3S/c1-21-14-17-25(18-15-21)41(38,39)35-27-19-16-24(36(2)3)20-26(27)29(30(31,32)33)37(23-12-8-5-9-13-23)34-28(40-29)22-10-6-4-7-11-22/h4-20,35H,1-3H3. The number of hydrazone groups is 1. The van der Waals surface area contributed by atoms with Crippen molar-refractivity contribution in [2.75, 3.05) is 28.7 Å². The molecule has 0 bridgehead atoms. The first-order chi connectivity index (χ1) is 19.4. The highest BCUT2D eigenvalue weighted by Gasteiger charge is 2.68. The minimum absolute atomic E-state index is 0.0957. The fourth-order valence-corrected chi connectivity index (χ4v) is 5.55. The maximum Gasteiger partial charge on any atom is 0.455 e. The number of sulfonamides is 1. The molecule has 1 unspecified atom stereocenters. The van der Waals surface area contributed by atoms with Crippen LogP contribution in [0, 0.1) is 6.92 Å². The van der Waals surface area contributed by atoms with Gasteiger partial charge in [-0.05, 0) is 61.5 Å². The Morgan fingerprint density at radius 2 is 1.49 bits per heavy atom. The normalized spacial score (nSPS) is 17.1. The van der Waals surface area contributed by atoms with E-state index in [1.165, 1.54) is 42.5 Å². The van der Waals surface area contributed by atoms with E-state index in [0.717, 1.165) is 10.6 Å². The molecule has 0 amide bonds. The van der Waals surface area contributed by atoms with Gasteiger partial charge >= 0.3 is 11.9 Å². The molecule has 4 aromatic carbocycles. The highest BCUT2D eigenvalue weighted by atomic mass is 32.2. The molecule has 0 aliphatic carbocycles. The summed E-state index contributed by atoms with van der Waals surface area (Å²) in [5.41, 5.74) is -2.37. The van der Waals surface area contributed by atoms with Gasteiger partial charge in [-0.15, -0.1) is 5.10 Å². The Hall–Kier alpha value is -4.51. The summed E-state index contributed by atoms with van der Waals surface area (Å²) in [6.07, 6.45) is -5.10. The van der Waals surface area contributed by atoms with Gasteiger partial charge < -0.3 is 9.64 Å². The summed E-state index contributed by atoms with van der Waals surface area (Å²) in [4.78, 5) is 1.52. The number of ether oxygens (including phenoxy) is 1. The lowest BCUT2D eigenvalue weighted by Gasteiger charge is -2.39. The molecule has 1 aliphatic rings. The van der Waals surface area contributed by atoms with Crippen molar-refractivity contribution in [3.63, 3.8) is 0 Å². The van der Waals surface area contributed by atoms with Gasteiger partial charge in [0.1, 0.15) is 0 Å². The van der Waals surface area contributed by atoms with Crippen molar-refractivity contribution in [1.82, 2.24) is 0 Å². The lowest BCUT2D eigenvalue weighted by atomic mass is 9.97. The molecule has 0 saturated carbocycles. The molecule has 0 aromatic heterocycles. The Labute approximate surface area is 236 Å². The number of anilines is 3. The minimum Gasteiger partial charge on any atom is -0.433 e. The van der Waals surface area contributed by atoms with Crippen LogP contribution in [-0.4, -0.2) is 34.6 Å². The summed E-state index contributed by atoms with van der Waals surface area (Å²) in [6.45, 7) is 1.80. The number of para-hydroxylation sites is 1. The molecule has 212 valence electrons. The number of benzene rings is 4. The van der Waals surface area contributed by atoms with Crippen molar-refractivity contribution in [1.29, 1.82) is 0 Å². The Morgan fingerprint density at radius 1 is 0.878 bits per heavy atom. The molecule has 0 saturated heterocycles. The third-order valence-corrected chi connectivity index (χ3v) is 7.98. The first kappa shape index (κ1) is 28.0. The van der Waals surface area contributed by atoms with Crippen LogP contribution in [0.3, 0.4) is 0 Å². The number of halogens is 3. The van der Waals surface area contributed by atoms with E-state index in [1.807, 2.05) is 0 Å². The molecule has 1 atom stereocenters. The van der Waals surface area contributed by atoms with Crippen LogP contribution in [0.1, 0.15) is 16.7 Å². The molecule has 0 radical (unpaired) electrons. The number of nitrogens with one attached hydrogen (secondary N) is 1. The summed E-state index contributed by atoms with van der Waals surface area (Å²) >= 11 is 0. The van der Waals surface area contributed by atoms with E-state index in [2.05, 4.69) is 9.82 Å². The SMILES string of the molecule is Cc1ccc(S(=O)(=O)Nc2ccc(N(C)C)cc2C2(C(F)(F)F)OC(c3ccccc3)=NN2c2ccccc2)cc1. The van der Waals surface area contributed by atoms with Crippen LogP contribution in [0.2, 0.25) is 0 Å². The first-order valence-corrected chi connectivity index (χ1v) is 14.1. The van der Waals surface area contributed by atoms with Gasteiger partial charge in [0.05, 0.1) is 21.8 Å². The maximum absolute atomic E-state index is 15.6. The van der Waals surface area contributed by atoms with Crippen molar-refractivity contribution in [2.45, 2.75) is 23.7 Å². The molecule has 1 heterocycles. The Bertz CT molecular complexity index is 1680. The van der Waals surface area contributed by atoms with Crippen LogP contribution >= 0.6 is 0 Å². The topological polar surface area (TPSA) is 74.2 Å². The molecule has 7 nitrogen and oxygen atoms in total. The van der Waals surface area contributed by atoms with Crippen LogP contribution in [0.25, 0.3) is 0 Å². The number of rotatable bonds is 7. The molecule has 1 aliphatic heterocycles. The lowest BCUT2D eigenvalue weighted by Crippen LogP contribution is -2.54. The third-order valence-electron chi connectivity index (χ3n) is 6.60. The third kappa shape index (κ3) is 5.20. The average Bonchev–Trinajstić information content (AvgIpc) is 3.36. The summed E-state index contributed by atoms with van der Waals surface area (Å²) in [5.74, 6) is -0.269. The molecule has 1 N–H and O–H groups in total. The number of hydrogen-bond acceptors (Lipinski definition) is 6. The second-order valence-electron chi connectivity index (χ2n) is 9.71. The van der Waals surface area contributed by atoms with Crippen LogP contribution in [0.5, 0.6) is 0 Å². The van der Waals surface area contributed by atoms with Crippen LogP contribution < -0.4 is 14.6 Å². The largest absolute Gasteiger partial charge is 0.455 e. The molecular weight excluding hydrogens is 553 g/mol. The molecule has 41 heavy (non-hydrogen) atoms. The Morgan fingerprint density at radius 3 is 2.07 bits per heavy atom. The number of aryl methyl sites for hydroxylation is 1. The first-order valence-electron chi connectivity index (χ1n) is 12.6. The van der Waals surface area contributed by atoms with Gasteiger partial charge in [0.2, 0.25) is 5.90 Å². The summed E-state index contributed by atoms with van der Waals surface area (Å²) in [7, 11) is -0.933. The summed E-state index contributed by atoms with van der Waals surface area (Å²) in [5, 5.41) is 5.08. The zero-order valence-corrected chi connectivity index (χ0v) is 23.2. The van der Waals surface area contributed by atoms with Crippen molar-refractivity contribution in [3.8, 4) is 0 Å². The van der Waals surface area contributed by atoms with E-state index in [-0.39, 0.29) is 22.2 Å². The fourth-order valence-electron chi connectivity index (χ4n) is 4.47. The molecule has 4 aromatic rings. The minimum atomic E-state index is -5.10. The Balaban J connectivity index is 1.76. The Kier molecular flexibility index (Phi) is 7.16. The zero-order chi connectivity index (χ0) is 29.4. The van der Waals surface area contributed by atoms with Crippen molar-refractivity contribution < 1.29 is 26.3 Å². The lowest BCUT2D eigenvalue weighted by molar-refractivity contribution is -0.253. The van der Waals surface area contributed by atoms with Gasteiger partial charge in [0.15, 0.2) is 0 Å². The van der Waals surface area contributed by atoms with E-state index in [4.69, 9.17) is 4.74 Å². The number of hydrogen-bond donors (Lipinski definition) is 1. The van der Waals surface area contributed by atoms with E-state index in [0.29, 0.717) is 11.3 Å². The molecule has 11 heteroatoms. The van der Waals surface area contributed by atoms with E-state index in [1.54, 1.807) is 86.6 Å². The number of alkyl halides is 3. The van der Waals surface area contributed by atoms with Crippen molar-refractivity contribution in [2.24, 2.45) is 5.10 Å². The summed E-state index contributed by atoms with van der Waals surface area (Å²) < 4.78 is 81.9. The zero-order valence-electron chi connectivity index (χ0n) is 22.4. The van der Waals surface area contributed by atoms with E-state index >= 15 is 13.2 Å². The second-order valence-corrected chi connectivity index (χ2v) is 11.4. The van der Waals surface area contributed by atoms with Gasteiger partial charge in [-0.3, -0.25) is 4.72 Å². The monoisotopic (exact) mass is 580 g/mol. The highest BCUT2D eigenvalue weighted by Crippen LogP contribution is 2.53. The molecule has 5 rings (SSSR count). The molecular formula is C30H27F3N4O3S. The average molecular weight is 581 g/mol. The maximum atomic E-state index is 15.6. The van der Waals surface area contributed by atoms with Crippen LogP contribution in [-0.2, 0) is 20.5 Å². The highest BCUT2D eigenvalue weighted by molar-refractivity contribution is 7.92. The van der Waals surface area contributed by atoms with Crippen molar-refractivity contribution >= 4 is 33.0 Å². The quantitative estimate of drug-likeness (QED) is 0.271. The molecule has 0 fully saturated rings. The predicted octanol–water partition coefficient (Wildman–Crippen LogP) is 6.48. The second kappa shape index (κ2) is 10.5. The van der Waals surface area contributed by atoms with E-state index < -0.39 is 27.5 Å². The smallest absolute Gasteiger partial charge is 0.433 e. The number of nitrogens with zero attached hydrogens (tertiary/aromatic N) is 3. The van der Waals surface area contributed by atoms with Gasteiger partial charge in [-0.1, -0.05) is 54.1 Å². The summed E-state index contributed by atoms with van der Waals surface area (Å²) in [6, 6.07) is 26.1. The van der Waals surface area contributed by atoms with Gasteiger partial charge in [0, 0.05) is 25.3 Å². The van der Waals surface area contributed by atoms with Gasteiger partial charge in [0.25, 0.3) is 10.0 Å². The van der Waals surface area contributed by atoms with Crippen molar-refractivity contribution in [3.05, 3.63) is 120 Å². The van der Waals surface area contributed by atoms with Crippen LogP contribution in [0.4, 0.5) is 30.2 Å². The van der Waals surface area contributed by atoms with Crippen LogP contribution in [0.15, 0.2) is 113 Å².